The maximum atomic E-state index is 12.5. The molecule has 3 rings (SSSR count). The lowest BCUT2D eigenvalue weighted by atomic mass is 10.1. The maximum Gasteiger partial charge on any atom is 0.418 e. The fourth-order valence-electron chi connectivity index (χ4n) is 2.28. The summed E-state index contributed by atoms with van der Waals surface area (Å²) < 4.78 is 37.4. The first-order valence-corrected chi connectivity index (χ1v) is 7.51. The zero-order valence-electron chi connectivity index (χ0n) is 12.8. The van der Waals surface area contributed by atoms with Crippen LogP contribution in [0.15, 0.2) is 35.1 Å². The van der Waals surface area contributed by atoms with Crippen molar-refractivity contribution in [3.8, 4) is 0 Å². The van der Waals surface area contributed by atoms with Crippen molar-refractivity contribution in [3.63, 3.8) is 0 Å². The highest BCUT2D eigenvalue weighted by Crippen LogP contribution is 2.37. The Bertz CT molecular complexity index is 842. The van der Waals surface area contributed by atoms with Gasteiger partial charge in [-0.15, -0.1) is 0 Å². The maximum absolute atomic E-state index is 12.5. The molecule has 1 aromatic heterocycles. The van der Waals surface area contributed by atoms with Crippen LogP contribution < -0.4 is 10.9 Å². The number of nitrogens with one attached hydrogen (secondary N) is 2. The number of anilines is 1. The van der Waals surface area contributed by atoms with E-state index in [0.29, 0.717) is 5.82 Å². The zero-order valence-corrected chi connectivity index (χ0v) is 12.8. The number of hydrogen-bond donors (Lipinski definition) is 3. The molecule has 1 amide bonds. The molecule has 3 N–H and O–H groups in total. The Morgan fingerprint density at radius 1 is 1.28 bits per heavy atom. The zero-order chi connectivity index (χ0) is 18.2. The van der Waals surface area contributed by atoms with E-state index in [-0.39, 0.29) is 22.9 Å². The number of benzene rings is 1. The van der Waals surface area contributed by atoms with E-state index >= 15 is 0 Å². The van der Waals surface area contributed by atoms with E-state index in [2.05, 4.69) is 15.3 Å². The average Bonchev–Trinajstić information content (AvgIpc) is 3.38. The van der Waals surface area contributed by atoms with Crippen LogP contribution in [0.5, 0.6) is 0 Å². The summed E-state index contributed by atoms with van der Waals surface area (Å²) in [7, 11) is 0. The van der Waals surface area contributed by atoms with Gasteiger partial charge in [0.25, 0.3) is 11.5 Å². The SMILES string of the molecule is O=C(Nc1ccc(C(O)C(F)(F)F)cc1)c1cc(=O)[nH]c(C2CC2)n1. The molecule has 1 aliphatic rings. The Balaban J connectivity index is 1.74. The molecule has 0 radical (unpaired) electrons. The van der Waals surface area contributed by atoms with Crippen LogP contribution in [0.4, 0.5) is 18.9 Å². The Kier molecular flexibility index (Phi) is 4.34. The Morgan fingerprint density at radius 2 is 1.92 bits per heavy atom. The molecule has 1 fully saturated rings. The van der Waals surface area contributed by atoms with Crippen molar-refractivity contribution in [1.29, 1.82) is 0 Å². The van der Waals surface area contributed by atoms with E-state index in [1.165, 1.54) is 12.1 Å². The summed E-state index contributed by atoms with van der Waals surface area (Å²) in [5, 5.41) is 11.6. The fourth-order valence-corrected chi connectivity index (χ4v) is 2.28. The monoisotopic (exact) mass is 353 g/mol. The predicted molar refractivity (Wildman–Crippen MR) is 82.2 cm³/mol. The van der Waals surface area contributed by atoms with Crippen molar-refractivity contribution in [1.82, 2.24) is 9.97 Å². The summed E-state index contributed by atoms with van der Waals surface area (Å²) in [6.45, 7) is 0. The molecular formula is C16H14F3N3O3. The molecule has 0 aliphatic heterocycles. The van der Waals surface area contributed by atoms with Gasteiger partial charge in [-0.05, 0) is 30.5 Å². The number of carbonyl (C=O) groups excluding carboxylic acids is 1. The number of aliphatic hydroxyl groups excluding tert-OH is 1. The number of halogens is 3. The number of aromatic nitrogens is 2. The molecule has 2 aromatic rings. The standard InChI is InChI=1S/C16H14F3N3O3/c17-16(18,19)13(24)8-3-5-10(6-4-8)20-15(25)11-7-12(23)22-14(21-11)9-1-2-9/h3-7,9,13,24H,1-2H2,(H,20,25)(H,21,22,23). The van der Waals surface area contributed by atoms with Crippen LogP contribution in [0.2, 0.25) is 0 Å². The van der Waals surface area contributed by atoms with Crippen LogP contribution in [0.1, 0.15) is 46.7 Å². The van der Waals surface area contributed by atoms with E-state index in [4.69, 9.17) is 5.11 Å². The van der Waals surface area contributed by atoms with Crippen molar-refractivity contribution in [2.24, 2.45) is 0 Å². The van der Waals surface area contributed by atoms with Crippen LogP contribution in [0.25, 0.3) is 0 Å². The molecule has 25 heavy (non-hydrogen) atoms. The predicted octanol–water partition coefficient (Wildman–Crippen LogP) is 2.50. The van der Waals surface area contributed by atoms with Gasteiger partial charge in [-0.1, -0.05) is 12.1 Å². The second-order valence-corrected chi connectivity index (χ2v) is 5.81. The van der Waals surface area contributed by atoms with Gasteiger partial charge in [-0.25, -0.2) is 4.98 Å². The van der Waals surface area contributed by atoms with Crippen LogP contribution >= 0.6 is 0 Å². The number of aromatic amines is 1. The molecule has 0 bridgehead atoms. The first kappa shape index (κ1) is 17.2. The second kappa shape index (κ2) is 6.32. The van der Waals surface area contributed by atoms with Gasteiger partial charge in [0.2, 0.25) is 0 Å². The van der Waals surface area contributed by atoms with Gasteiger partial charge in [0.15, 0.2) is 6.10 Å². The van der Waals surface area contributed by atoms with Gasteiger partial charge in [0.05, 0.1) is 0 Å². The van der Waals surface area contributed by atoms with E-state index in [1.54, 1.807) is 0 Å². The average molecular weight is 353 g/mol. The van der Waals surface area contributed by atoms with Crippen molar-refractivity contribution >= 4 is 11.6 Å². The van der Waals surface area contributed by atoms with Crippen molar-refractivity contribution < 1.29 is 23.1 Å². The fraction of sp³-hybridized carbons (Fsp3) is 0.312. The lowest BCUT2D eigenvalue weighted by Crippen LogP contribution is -2.21. The van der Waals surface area contributed by atoms with Crippen molar-refractivity contribution in [2.75, 3.05) is 5.32 Å². The van der Waals surface area contributed by atoms with Crippen LogP contribution in [0.3, 0.4) is 0 Å². The number of hydrogen-bond acceptors (Lipinski definition) is 4. The highest BCUT2D eigenvalue weighted by molar-refractivity contribution is 6.02. The molecule has 6 nitrogen and oxygen atoms in total. The molecule has 0 saturated heterocycles. The number of alkyl halides is 3. The highest BCUT2D eigenvalue weighted by atomic mass is 19.4. The topological polar surface area (TPSA) is 95.1 Å². The third-order valence-electron chi connectivity index (χ3n) is 3.75. The van der Waals surface area contributed by atoms with E-state index < -0.39 is 23.7 Å². The summed E-state index contributed by atoms with van der Waals surface area (Å²) >= 11 is 0. The van der Waals surface area contributed by atoms with Gasteiger partial charge in [-0.3, -0.25) is 9.59 Å². The van der Waals surface area contributed by atoms with Gasteiger partial charge in [0, 0.05) is 17.7 Å². The largest absolute Gasteiger partial charge is 0.418 e. The minimum Gasteiger partial charge on any atom is -0.379 e. The van der Waals surface area contributed by atoms with Crippen LogP contribution in [-0.4, -0.2) is 27.2 Å². The van der Waals surface area contributed by atoms with E-state index in [0.717, 1.165) is 31.0 Å². The van der Waals surface area contributed by atoms with Crippen molar-refractivity contribution in [2.45, 2.75) is 31.0 Å². The minimum atomic E-state index is -4.76. The number of carbonyl (C=O) groups is 1. The molecule has 1 atom stereocenters. The quantitative estimate of drug-likeness (QED) is 0.787. The number of H-pyrrole nitrogens is 1. The lowest BCUT2D eigenvalue weighted by Gasteiger charge is -2.15. The molecule has 0 spiro atoms. The number of nitrogens with zero attached hydrogens (tertiary/aromatic N) is 1. The van der Waals surface area contributed by atoms with Crippen LogP contribution in [-0.2, 0) is 0 Å². The summed E-state index contributed by atoms with van der Waals surface area (Å²) in [6.07, 6.45) is -5.56. The summed E-state index contributed by atoms with van der Waals surface area (Å²) in [5.74, 6) is -0.0259. The Labute approximate surface area is 139 Å². The Hall–Kier alpha value is -2.68. The molecule has 132 valence electrons. The van der Waals surface area contributed by atoms with Crippen LogP contribution in [0, 0.1) is 0 Å². The molecule has 1 saturated carbocycles. The third-order valence-corrected chi connectivity index (χ3v) is 3.75. The highest BCUT2D eigenvalue weighted by Gasteiger charge is 2.39. The van der Waals surface area contributed by atoms with E-state index in [9.17, 15) is 22.8 Å². The first-order valence-electron chi connectivity index (χ1n) is 7.51. The van der Waals surface area contributed by atoms with Gasteiger partial charge in [-0.2, -0.15) is 13.2 Å². The smallest absolute Gasteiger partial charge is 0.379 e. The van der Waals surface area contributed by atoms with Crippen molar-refractivity contribution in [3.05, 3.63) is 57.8 Å². The lowest BCUT2D eigenvalue weighted by molar-refractivity contribution is -0.206. The van der Waals surface area contributed by atoms with Gasteiger partial charge in [0.1, 0.15) is 11.5 Å². The number of aliphatic hydroxyl groups is 1. The summed E-state index contributed by atoms with van der Waals surface area (Å²) in [6, 6.07) is 5.65. The first-order chi connectivity index (χ1) is 11.7. The minimum absolute atomic E-state index is 0.0648. The summed E-state index contributed by atoms with van der Waals surface area (Å²) in [5.41, 5.74) is -0.621. The molecule has 1 unspecified atom stereocenters. The normalized spacial score (nSPS) is 15.7. The van der Waals surface area contributed by atoms with Gasteiger partial charge < -0.3 is 15.4 Å². The molecule has 9 heteroatoms. The Morgan fingerprint density at radius 3 is 2.48 bits per heavy atom. The second-order valence-electron chi connectivity index (χ2n) is 5.81. The molecule has 1 aromatic carbocycles. The summed E-state index contributed by atoms with van der Waals surface area (Å²) in [4.78, 5) is 30.5. The molecular weight excluding hydrogens is 339 g/mol. The third kappa shape index (κ3) is 4.05. The van der Waals surface area contributed by atoms with E-state index in [1.807, 2.05) is 0 Å². The molecule has 1 heterocycles. The number of rotatable bonds is 4. The number of amides is 1. The molecule has 1 aliphatic carbocycles. The van der Waals surface area contributed by atoms with Gasteiger partial charge >= 0.3 is 6.18 Å².